The lowest BCUT2D eigenvalue weighted by molar-refractivity contribution is 0.0581. The highest BCUT2D eigenvalue weighted by Crippen LogP contribution is 2.48. The Balaban J connectivity index is 1.65. The lowest BCUT2D eigenvalue weighted by Gasteiger charge is -2.45. The number of nitrogens with two attached hydrogens (primary N) is 1. The van der Waals surface area contributed by atoms with E-state index < -0.39 is 46.7 Å². The van der Waals surface area contributed by atoms with Crippen molar-refractivity contribution in [3.63, 3.8) is 0 Å². The second-order valence-corrected chi connectivity index (χ2v) is 9.21. The fourth-order valence-corrected chi connectivity index (χ4v) is 5.32. The van der Waals surface area contributed by atoms with Gasteiger partial charge < -0.3 is 25.0 Å². The van der Waals surface area contributed by atoms with Crippen molar-refractivity contribution in [2.75, 3.05) is 25.1 Å². The van der Waals surface area contributed by atoms with Crippen LogP contribution < -0.4 is 20.8 Å². The van der Waals surface area contributed by atoms with Crippen LogP contribution in [0.1, 0.15) is 42.1 Å². The van der Waals surface area contributed by atoms with Gasteiger partial charge in [-0.05, 0) is 31.2 Å². The van der Waals surface area contributed by atoms with Gasteiger partial charge in [0.25, 0.3) is 0 Å². The third-order valence-electron chi connectivity index (χ3n) is 7.19. The molecule has 1 aromatic heterocycles. The van der Waals surface area contributed by atoms with Crippen LogP contribution in [0.2, 0.25) is 0 Å². The van der Waals surface area contributed by atoms with Crippen molar-refractivity contribution in [3.8, 4) is 5.75 Å². The number of hydrogen-bond donors (Lipinski definition) is 2. The number of alkyl halides is 2. The molecule has 1 aliphatic heterocycles. The van der Waals surface area contributed by atoms with Gasteiger partial charge in [-0.25, -0.2) is 18.0 Å². The van der Waals surface area contributed by atoms with Crippen molar-refractivity contribution < 1.29 is 27.8 Å². The number of nitrogens with zero attached hydrogens (tertiary/aromatic N) is 2. The average molecular weight is 451 g/mol. The van der Waals surface area contributed by atoms with E-state index in [0.717, 1.165) is 12.3 Å². The standard InChI is InChI=1S/C22H24F3N3O4/c1-32-20-17-12(19(29)13(21(30)31)9-28(17)16-5-14(16)24)4-15(25)18(20)27-3-2-10(8-27)22(26)6-11(23)7-22/h4,9-11,14,16H,2-3,5-8,26H2,1H3,(H,30,31)/t10?,11?,14-,16+,22?/m0/s1. The Morgan fingerprint density at radius 3 is 2.59 bits per heavy atom. The fourth-order valence-electron chi connectivity index (χ4n) is 5.32. The van der Waals surface area contributed by atoms with E-state index in [1.807, 2.05) is 0 Å². The highest BCUT2D eigenvalue weighted by molar-refractivity contribution is 5.97. The number of anilines is 1. The van der Waals surface area contributed by atoms with E-state index in [9.17, 15) is 23.5 Å². The zero-order chi connectivity index (χ0) is 22.9. The van der Waals surface area contributed by atoms with Gasteiger partial charge in [0.15, 0.2) is 11.6 Å². The number of methoxy groups -OCH3 is 1. The van der Waals surface area contributed by atoms with Crippen molar-refractivity contribution in [1.29, 1.82) is 0 Å². The number of hydrogen-bond acceptors (Lipinski definition) is 5. The highest BCUT2D eigenvalue weighted by Gasteiger charge is 2.49. The van der Waals surface area contributed by atoms with Crippen LogP contribution in [0.4, 0.5) is 18.9 Å². The maximum Gasteiger partial charge on any atom is 0.341 e. The molecule has 2 aromatic rings. The number of fused-ring (bicyclic) bond motifs is 1. The van der Waals surface area contributed by atoms with Crippen molar-refractivity contribution in [3.05, 3.63) is 33.9 Å². The van der Waals surface area contributed by atoms with Crippen molar-refractivity contribution >= 4 is 22.6 Å². The van der Waals surface area contributed by atoms with Gasteiger partial charge in [-0.15, -0.1) is 0 Å². The lowest BCUT2D eigenvalue weighted by Crippen LogP contribution is -2.58. The summed E-state index contributed by atoms with van der Waals surface area (Å²) in [6.45, 7) is 0.862. The summed E-state index contributed by atoms with van der Waals surface area (Å²) in [6, 6.07) is 0.346. The molecular formula is C22H24F3N3O4. The average Bonchev–Trinajstić information content (AvgIpc) is 3.23. The number of halogens is 3. The van der Waals surface area contributed by atoms with Crippen LogP contribution in [0.5, 0.6) is 5.75 Å². The Bertz CT molecular complexity index is 1180. The molecule has 7 nitrogen and oxygen atoms in total. The Kier molecular flexibility index (Phi) is 4.70. The van der Waals surface area contributed by atoms with Gasteiger partial charge in [0, 0.05) is 31.2 Å². The number of rotatable bonds is 5. The third-order valence-corrected chi connectivity index (χ3v) is 7.19. The van der Waals surface area contributed by atoms with Gasteiger partial charge in [0.05, 0.1) is 24.1 Å². The zero-order valence-electron chi connectivity index (χ0n) is 17.5. The van der Waals surface area contributed by atoms with E-state index in [1.165, 1.54) is 11.7 Å². The van der Waals surface area contributed by atoms with Gasteiger partial charge in [-0.2, -0.15) is 0 Å². The summed E-state index contributed by atoms with van der Waals surface area (Å²) >= 11 is 0. The molecule has 1 unspecified atom stereocenters. The number of carbonyl (C=O) groups is 1. The maximum absolute atomic E-state index is 15.4. The summed E-state index contributed by atoms with van der Waals surface area (Å²) in [4.78, 5) is 26.1. The molecule has 2 heterocycles. The molecule has 2 aliphatic carbocycles. The predicted molar refractivity (Wildman–Crippen MR) is 112 cm³/mol. The Morgan fingerprint density at radius 1 is 1.34 bits per heavy atom. The van der Waals surface area contributed by atoms with Gasteiger partial charge in [-0.3, -0.25) is 4.79 Å². The van der Waals surface area contributed by atoms with Crippen LogP contribution in [-0.4, -0.2) is 53.7 Å². The Morgan fingerprint density at radius 2 is 2.03 bits per heavy atom. The molecule has 3 fully saturated rings. The summed E-state index contributed by atoms with van der Waals surface area (Å²) in [5, 5.41) is 9.24. The Hall–Kier alpha value is -2.75. The molecule has 0 spiro atoms. The monoisotopic (exact) mass is 451 g/mol. The van der Waals surface area contributed by atoms with Crippen molar-refractivity contribution in [2.24, 2.45) is 11.7 Å². The molecule has 32 heavy (non-hydrogen) atoms. The number of aromatic carboxylic acids is 1. The molecule has 0 amide bonds. The molecule has 5 rings (SSSR count). The molecular weight excluding hydrogens is 427 g/mol. The summed E-state index contributed by atoms with van der Waals surface area (Å²) in [7, 11) is 1.33. The number of aromatic nitrogens is 1. The molecule has 10 heteroatoms. The maximum atomic E-state index is 15.4. The van der Waals surface area contributed by atoms with Gasteiger partial charge in [-0.1, -0.05) is 0 Å². The molecule has 172 valence electrons. The van der Waals surface area contributed by atoms with Crippen LogP contribution in [0.3, 0.4) is 0 Å². The molecule has 1 aromatic carbocycles. The molecule has 0 bridgehead atoms. The van der Waals surface area contributed by atoms with E-state index in [0.29, 0.717) is 19.5 Å². The minimum Gasteiger partial charge on any atom is -0.492 e. The predicted octanol–water partition coefficient (Wildman–Crippen LogP) is 2.79. The van der Waals surface area contributed by atoms with Crippen molar-refractivity contribution in [2.45, 2.75) is 49.6 Å². The minimum absolute atomic E-state index is 0.0236. The van der Waals surface area contributed by atoms with Gasteiger partial charge in [0.1, 0.15) is 23.6 Å². The zero-order valence-corrected chi connectivity index (χ0v) is 17.5. The first-order valence-corrected chi connectivity index (χ1v) is 10.6. The summed E-state index contributed by atoms with van der Waals surface area (Å²) in [5.74, 6) is -2.18. The molecule has 3 aliphatic rings. The fraction of sp³-hybridized carbons (Fsp3) is 0.545. The lowest BCUT2D eigenvalue weighted by atomic mass is 9.67. The first-order chi connectivity index (χ1) is 15.1. The first-order valence-electron chi connectivity index (χ1n) is 10.6. The van der Waals surface area contributed by atoms with Crippen LogP contribution in [0, 0.1) is 11.7 Å². The van der Waals surface area contributed by atoms with Crippen molar-refractivity contribution in [1.82, 2.24) is 4.57 Å². The largest absolute Gasteiger partial charge is 0.492 e. The van der Waals surface area contributed by atoms with Crippen LogP contribution in [0.25, 0.3) is 10.9 Å². The van der Waals surface area contributed by atoms with E-state index in [1.54, 1.807) is 4.90 Å². The van der Waals surface area contributed by atoms with E-state index >= 15 is 4.39 Å². The second kappa shape index (κ2) is 7.13. The number of pyridine rings is 1. The van der Waals surface area contributed by atoms with Gasteiger partial charge >= 0.3 is 5.97 Å². The van der Waals surface area contributed by atoms with E-state index in [4.69, 9.17) is 10.5 Å². The van der Waals surface area contributed by atoms with Crippen LogP contribution >= 0.6 is 0 Å². The molecule has 1 saturated heterocycles. The number of ether oxygens (including phenoxy) is 1. The second-order valence-electron chi connectivity index (χ2n) is 9.21. The Labute approximate surface area is 181 Å². The first kappa shape index (κ1) is 21.1. The quantitative estimate of drug-likeness (QED) is 0.726. The summed E-state index contributed by atoms with van der Waals surface area (Å²) in [6.07, 6.45) is 0.383. The van der Waals surface area contributed by atoms with E-state index in [-0.39, 0.29) is 47.5 Å². The smallest absolute Gasteiger partial charge is 0.341 e. The van der Waals surface area contributed by atoms with Crippen LogP contribution in [0.15, 0.2) is 17.1 Å². The molecule has 3 N–H and O–H groups in total. The third kappa shape index (κ3) is 3.07. The minimum atomic E-state index is -1.47. The normalized spacial score (nSPS) is 31.6. The topological polar surface area (TPSA) is 97.8 Å². The van der Waals surface area contributed by atoms with Crippen LogP contribution in [-0.2, 0) is 0 Å². The van der Waals surface area contributed by atoms with Gasteiger partial charge in [0.2, 0.25) is 5.43 Å². The SMILES string of the molecule is COc1c(N2CCC(C3(N)CC(F)C3)C2)c(F)cc2c(=O)c(C(=O)O)cn([C@@H]3C[C@@H]3F)c12. The molecule has 2 saturated carbocycles. The number of benzene rings is 1. The number of carboxylic acids is 1. The highest BCUT2D eigenvalue weighted by atomic mass is 19.1. The summed E-state index contributed by atoms with van der Waals surface area (Å²) in [5.41, 5.74) is 4.61. The molecule has 3 atom stereocenters. The number of carboxylic acid groups (broad SMARTS) is 1. The van der Waals surface area contributed by atoms with E-state index in [2.05, 4.69) is 0 Å². The summed E-state index contributed by atoms with van der Waals surface area (Å²) < 4.78 is 49.7. The molecule has 0 radical (unpaired) electrons.